The molecule has 7 nitrogen and oxygen atoms in total. The third kappa shape index (κ3) is 8.62. The Hall–Kier alpha value is -0.730. The van der Waals surface area contributed by atoms with E-state index in [-0.39, 0.29) is 17.9 Å². The van der Waals surface area contributed by atoms with Gasteiger partial charge in [0.25, 0.3) is 5.91 Å². The molecule has 0 bridgehead atoms. The van der Waals surface area contributed by atoms with E-state index in [1.165, 1.54) is 0 Å². The lowest BCUT2D eigenvalue weighted by atomic mass is 9.99. The summed E-state index contributed by atoms with van der Waals surface area (Å²) in [5.41, 5.74) is 4.04. The molecule has 0 saturated carbocycles. The zero-order chi connectivity index (χ0) is 16.9. The van der Waals surface area contributed by atoms with Crippen LogP contribution in [0.3, 0.4) is 0 Å². The fourth-order valence-electron chi connectivity index (χ4n) is 2.21. The van der Waals surface area contributed by atoms with Crippen molar-refractivity contribution in [2.75, 3.05) is 65.9 Å². The molecular formula is C16H33N2O5+. The Labute approximate surface area is 139 Å². The summed E-state index contributed by atoms with van der Waals surface area (Å²) >= 11 is 0. The predicted octanol–water partition coefficient (Wildman–Crippen LogP) is -0.448. The molecule has 1 rings (SSSR count). The van der Waals surface area contributed by atoms with Gasteiger partial charge in [0.15, 0.2) is 6.04 Å². The molecule has 7 heteroatoms. The van der Waals surface area contributed by atoms with E-state index in [9.17, 15) is 4.79 Å². The van der Waals surface area contributed by atoms with Crippen molar-refractivity contribution in [3.05, 3.63) is 0 Å². The van der Waals surface area contributed by atoms with Crippen LogP contribution in [0.15, 0.2) is 0 Å². The summed E-state index contributed by atoms with van der Waals surface area (Å²) in [6.45, 7) is 9.50. The molecule has 1 heterocycles. The zero-order valence-corrected chi connectivity index (χ0v) is 14.6. The van der Waals surface area contributed by atoms with E-state index in [0.717, 1.165) is 6.42 Å². The molecule has 2 atom stereocenters. The number of carbonyl (C=O) groups is 1. The number of nitrogens with zero attached hydrogens (tertiary/aromatic N) is 1. The van der Waals surface area contributed by atoms with Gasteiger partial charge in [0.1, 0.15) is 0 Å². The Kier molecular flexibility index (Phi) is 11.2. The van der Waals surface area contributed by atoms with Gasteiger partial charge < -0.3 is 29.6 Å². The average Bonchev–Trinajstić information content (AvgIpc) is 2.58. The Morgan fingerprint density at radius 1 is 0.913 bits per heavy atom. The summed E-state index contributed by atoms with van der Waals surface area (Å²) in [5, 5.41) is 0. The highest BCUT2D eigenvalue weighted by molar-refractivity contribution is 5.80. The molecule has 1 aliphatic rings. The van der Waals surface area contributed by atoms with Crippen LogP contribution in [0.1, 0.15) is 20.3 Å². The molecule has 136 valence electrons. The Morgan fingerprint density at radius 2 is 1.30 bits per heavy atom. The van der Waals surface area contributed by atoms with E-state index in [2.05, 4.69) is 19.6 Å². The van der Waals surface area contributed by atoms with Crippen LogP contribution < -0.4 is 5.73 Å². The second-order valence-electron chi connectivity index (χ2n) is 5.77. The maximum absolute atomic E-state index is 12.6. The summed E-state index contributed by atoms with van der Waals surface area (Å²) in [7, 11) is 0. The highest BCUT2D eigenvalue weighted by atomic mass is 16.6. The lowest BCUT2D eigenvalue weighted by Gasteiger charge is -2.26. The highest BCUT2D eigenvalue weighted by Crippen LogP contribution is 2.07. The maximum Gasteiger partial charge on any atom is 0.281 e. The Morgan fingerprint density at radius 3 is 1.70 bits per heavy atom. The molecule has 1 aliphatic heterocycles. The minimum atomic E-state index is -0.228. The SMILES string of the molecule is CC[C@@H](C)[C@@H]([NH3+])C(=O)N1CCOCCOCCOCCOCC1. The van der Waals surface area contributed by atoms with Crippen molar-refractivity contribution < 1.29 is 29.5 Å². The van der Waals surface area contributed by atoms with Crippen molar-refractivity contribution in [2.24, 2.45) is 5.92 Å². The molecule has 0 aromatic rings. The topological polar surface area (TPSA) is 84.9 Å². The minimum absolute atomic E-state index is 0.0726. The van der Waals surface area contributed by atoms with Crippen LogP contribution in [0.2, 0.25) is 0 Å². The summed E-state index contributed by atoms with van der Waals surface area (Å²) < 4.78 is 21.8. The zero-order valence-electron chi connectivity index (χ0n) is 14.6. The first-order chi connectivity index (χ1) is 11.2. The van der Waals surface area contributed by atoms with Gasteiger partial charge in [-0.15, -0.1) is 0 Å². The van der Waals surface area contributed by atoms with Crippen molar-refractivity contribution in [3.63, 3.8) is 0 Å². The number of amides is 1. The molecular weight excluding hydrogens is 300 g/mol. The fourth-order valence-corrected chi connectivity index (χ4v) is 2.21. The number of ether oxygens (including phenoxy) is 4. The van der Waals surface area contributed by atoms with E-state index < -0.39 is 0 Å². The van der Waals surface area contributed by atoms with Gasteiger partial charge in [-0.05, 0) is 6.42 Å². The van der Waals surface area contributed by atoms with Gasteiger partial charge in [-0.3, -0.25) is 4.79 Å². The minimum Gasteiger partial charge on any atom is -0.377 e. The second-order valence-corrected chi connectivity index (χ2v) is 5.77. The number of hydrogen-bond donors (Lipinski definition) is 1. The third-order valence-electron chi connectivity index (χ3n) is 4.09. The van der Waals surface area contributed by atoms with E-state index in [0.29, 0.717) is 65.9 Å². The highest BCUT2D eigenvalue weighted by Gasteiger charge is 2.28. The largest absolute Gasteiger partial charge is 0.377 e. The molecule has 0 aliphatic carbocycles. The van der Waals surface area contributed by atoms with Crippen LogP contribution in [-0.2, 0) is 23.7 Å². The van der Waals surface area contributed by atoms with Crippen LogP contribution in [0.4, 0.5) is 0 Å². The number of rotatable bonds is 3. The molecule has 1 fully saturated rings. The first-order valence-electron chi connectivity index (χ1n) is 8.59. The second kappa shape index (κ2) is 12.7. The molecule has 0 spiro atoms. The molecule has 1 amide bonds. The smallest absolute Gasteiger partial charge is 0.281 e. The van der Waals surface area contributed by atoms with Gasteiger partial charge in [0.05, 0.1) is 52.9 Å². The van der Waals surface area contributed by atoms with E-state index >= 15 is 0 Å². The molecule has 0 radical (unpaired) electrons. The van der Waals surface area contributed by atoms with Gasteiger partial charge in [0, 0.05) is 19.0 Å². The van der Waals surface area contributed by atoms with Crippen LogP contribution in [0.5, 0.6) is 0 Å². The summed E-state index contributed by atoms with van der Waals surface area (Å²) in [5.74, 6) is 0.339. The Bertz CT molecular complexity index is 301. The average molecular weight is 333 g/mol. The first-order valence-corrected chi connectivity index (χ1v) is 8.59. The van der Waals surface area contributed by atoms with E-state index in [1.807, 2.05) is 0 Å². The third-order valence-corrected chi connectivity index (χ3v) is 4.09. The van der Waals surface area contributed by atoms with Crippen LogP contribution in [0.25, 0.3) is 0 Å². The van der Waals surface area contributed by atoms with Gasteiger partial charge >= 0.3 is 0 Å². The van der Waals surface area contributed by atoms with Crippen molar-refractivity contribution in [2.45, 2.75) is 26.3 Å². The Balaban J connectivity index is 2.49. The molecule has 0 unspecified atom stereocenters. The van der Waals surface area contributed by atoms with Gasteiger partial charge in [-0.2, -0.15) is 0 Å². The molecule has 0 aromatic carbocycles. The van der Waals surface area contributed by atoms with E-state index in [1.54, 1.807) is 4.90 Å². The monoisotopic (exact) mass is 333 g/mol. The van der Waals surface area contributed by atoms with Crippen molar-refractivity contribution >= 4 is 5.91 Å². The van der Waals surface area contributed by atoms with Gasteiger partial charge in [0.2, 0.25) is 0 Å². The lowest BCUT2D eigenvalue weighted by molar-refractivity contribution is -0.417. The van der Waals surface area contributed by atoms with Crippen LogP contribution in [0, 0.1) is 5.92 Å². The fraction of sp³-hybridized carbons (Fsp3) is 0.938. The normalized spacial score (nSPS) is 22.7. The standard InChI is InChI=1S/C16H32N2O5/c1-3-14(2)15(17)16(19)18-4-6-20-8-10-22-12-13-23-11-9-21-7-5-18/h14-15H,3-13,17H2,1-2H3/p+1/t14-,15-/m1/s1. The molecule has 3 N–H and O–H groups in total. The van der Waals surface area contributed by atoms with Crippen molar-refractivity contribution in [3.8, 4) is 0 Å². The molecule has 1 saturated heterocycles. The van der Waals surface area contributed by atoms with Gasteiger partial charge in [-0.25, -0.2) is 0 Å². The molecule has 0 aromatic heterocycles. The number of quaternary nitrogens is 1. The summed E-state index contributed by atoms with van der Waals surface area (Å²) in [4.78, 5) is 14.4. The predicted molar refractivity (Wildman–Crippen MR) is 86.0 cm³/mol. The first kappa shape index (κ1) is 20.3. The van der Waals surface area contributed by atoms with Crippen LogP contribution >= 0.6 is 0 Å². The molecule has 23 heavy (non-hydrogen) atoms. The van der Waals surface area contributed by atoms with E-state index in [4.69, 9.17) is 18.9 Å². The maximum atomic E-state index is 12.6. The number of hydrogen-bond acceptors (Lipinski definition) is 5. The summed E-state index contributed by atoms with van der Waals surface area (Å²) in [6, 6.07) is -0.228. The van der Waals surface area contributed by atoms with Crippen molar-refractivity contribution in [1.82, 2.24) is 4.90 Å². The number of carbonyl (C=O) groups excluding carboxylic acids is 1. The van der Waals surface area contributed by atoms with Crippen molar-refractivity contribution in [1.29, 1.82) is 0 Å². The lowest BCUT2D eigenvalue weighted by Crippen LogP contribution is -2.70. The van der Waals surface area contributed by atoms with Gasteiger partial charge in [-0.1, -0.05) is 13.8 Å². The van der Waals surface area contributed by atoms with Crippen LogP contribution in [-0.4, -0.2) is 82.8 Å². The quantitative estimate of drug-likeness (QED) is 0.756. The summed E-state index contributed by atoms with van der Waals surface area (Å²) in [6.07, 6.45) is 0.940.